The summed E-state index contributed by atoms with van der Waals surface area (Å²) in [5, 5.41) is 28.5. The number of methoxy groups -OCH3 is 1. The Morgan fingerprint density at radius 2 is 2.28 bits per heavy atom. The summed E-state index contributed by atoms with van der Waals surface area (Å²) < 4.78 is 5.15. The summed E-state index contributed by atoms with van der Waals surface area (Å²) in [5.74, 6) is -0.701. The summed E-state index contributed by atoms with van der Waals surface area (Å²) in [6.45, 7) is 0.441. The van der Waals surface area contributed by atoms with Gasteiger partial charge in [0, 0.05) is 35.5 Å². The van der Waals surface area contributed by atoms with Gasteiger partial charge in [0.25, 0.3) is 0 Å². The summed E-state index contributed by atoms with van der Waals surface area (Å²) in [7, 11) is 1.54. The number of nitro groups is 1. The average molecular weight is 477 g/mol. The lowest BCUT2D eigenvalue weighted by atomic mass is 9.68. The summed E-state index contributed by atoms with van der Waals surface area (Å²) in [4.78, 5) is 33.2. The third-order valence-corrected chi connectivity index (χ3v) is 7.14. The SMILES string of the molecule is COc1ccc(CNC2CCC(C(=O)O)(c3ncc4ccsc4n3)C([N+](=O)[O-])C2)cc1Cl. The largest absolute Gasteiger partial charge is 0.495 e. The van der Waals surface area contributed by atoms with E-state index in [1.54, 1.807) is 12.1 Å². The van der Waals surface area contributed by atoms with Gasteiger partial charge in [0.05, 0.1) is 12.1 Å². The molecule has 168 valence electrons. The molecule has 0 amide bonds. The second kappa shape index (κ2) is 8.97. The van der Waals surface area contributed by atoms with Crippen LogP contribution in [0.15, 0.2) is 35.8 Å². The third-order valence-electron chi connectivity index (χ3n) is 6.02. The number of ether oxygens (including phenoxy) is 1. The molecule has 11 heteroatoms. The number of thiophene rings is 1. The number of benzene rings is 1. The molecule has 3 aromatic rings. The zero-order chi connectivity index (χ0) is 22.9. The van der Waals surface area contributed by atoms with Crippen LogP contribution in [0.5, 0.6) is 5.75 Å². The van der Waals surface area contributed by atoms with E-state index in [0.29, 0.717) is 28.6 Å². The van der Waals surface area contributed by atoms with Crippen molar-refractivity contribution in [1.82, 2.24) is 15.3 Å². The van der Waals surface area contributed by atoms with E-state index >= 15 is 0 Å². The first-order chi connectivity index (χ1) is 15.3. The molecular weight excluding hydrogens is 456 g/mol. The van der Waals surface area contributed by atoms with Crippen LogP contribution in [0.3, 0.4) is 0 Å². The molecule has 0 saturated heterocycles. The predicted octanol–water partition coefficient (Wildman–Crippen LogP) is 3.66. The van der Waals surface area contributed by atoms with Gasteiger partial charge in [-0.2, -0.15) is 0 Å². The second-order valence-electron chi connectivity index (χ2n) is 7.77. The number of hydrogen-bond acceptors (Lipinski definition) is 8. The monoisotopic (exact) mass is 476 g/mol. The van der Waals surface area contributed by atoms with Gasteiger partial charge < -0.3 is 15.2 Å². The molecule has 4 rings (SSSR count). The number of nitrogens with one attached hydrogen (secondary N) is 1. The molecule has 3 unspecified atom stereocenters. The van der Waals surface area contributed by atoms with Gasteiger partial charge in [-0.1, -0.05) is 17.7 Å². The van der Waals surface area contributed by atoms with Crippen LogP contribution >= 0.6 is 22.9 Å². The molecule has 9 nitrogen and oxygen atoms in total. The van der Waals surface area contributed by atoms with Crippen molar-refractivity contribution >= 4 is 39.1 Å². The lowest BCUT2D eigenvalue weighted by Gasteiger charge is -2.37. The molecular formula is C21H21ClN4O5S. The van der Waals surface area contributed by atoms with Gasteiger partial charge in [-0.25, -0.2) is 9.97 Å². The molecule has 0 spiro atoms. The first kappa shape index (κ1) is 22.4. The Morgan fingerprint density at radius 1 is 1.47 bits per heavy atom. The zero-order valence-corrected chi connectivity index (χ0v) is 18.7. The van der Waals surface area contributed by atoms with Crippen molar-refractivity contribution in [3.05, 3.63) is 62.4 Å². The van der Waals surface area contributed by atoms with Crippen molar-refractivity contribution in [2.24, 2.45) is 0 Å². The summed E-state index contributed by atoms with van der Waals surface area (Å²) in [6, 6.07) is 5.62. The Bertz CT molecular complexity index is 1170. The number of carboxylic acids is 1. The number of hydrogen-bond donors (Lipinski definition) is 2. The standard InChI is InChI=1S/C21H21ClN4O5S/c1-31-16-3-2-12(8-15(16)22)10-23-14-4-6-21(20(27)28,17(9-14)26(29)30)19-24-11-13-5-7-32-18(13)25-19/h2-3,5,7-8,11,14,17,23H,4,6,9-10H2,1H3,(H,27,28). The lowest BCUT2D eigenvalue weighted by molar-refractivity contribution is -0.537. The third kappa shape index (κ3) is 4.01. The van der Waals surface area contributed by atoms with Gasteiger partial charge in [-0.15, -0.1) is 11.3 Å². The summed E-state index contributed by atoms with van der Waals surface area (Å²) >= 11 is 7.52. The van der Waals surface area contributed by atoms with Crippen LogP contribution in [0.4, 0.5) is 0 Å². The van der Waals surface area contributed by atoms with E-state index in [0.717, 1.165) is 10.9 Å². The molecule has 2 aromatic heterocycles. The summed E-state index contributed by atoms with van der Waals surface area (Å²) in [5.41, 5.74) is -0.876. The van der Waals surface area contributed by atoms with Gasteiger partial charge >= 0.3 is 5.97 Å². The normalized spacial score (nSPS) is 23.2. The highest BCUT2D eigenvalue weighted by molar-refractivity contribution is 7.16. The number of nitrogens with zero attached hydrogens (tertiary/aromatic N) is 3. The van der Waals surface area contributed by atoms with Gasteiger partial charge in [0.1, 0.15) is 10.6 Å². The Labute approximate surface area is 192 Å². The highest BCUT2D eigenvalue weighted by Crippen LogP contribution is 2.41. The Morgan fingerprint density at radius 3 is 2.97 bits per heavy atom. The molecule has 1 aromatic carbocycles. The fourth-order valence-electron chi connectivity index (χ4n) is 4.27. The van der Waals surface area contributed by atoms with Gasteiger partial charge in [0.2, 0.25) is 6.04 Å². The Hall–Kier alpha value is -2.82. The van der Waals surface area contributed by atoms with E-state index in [-0.39, 0.29) is 24.7 Å². The molecule has 1 aliphatic rings. The van der Waals surface area contributed by atoms with Crippen molar-refractivity contribution in [3.8, 4) is 5.75 Å². The average Bonchev–Trinajstić information content (AvgIpc) is 3.25. The zero-order valence-electron chi connectivity index (χ0n) is 17.2. The highest BCUT2D eigenvalue weighted by atomic mass is 35.5. The van der Waals surface area contributed by atoms with E-state index in [1.165, 1.54) is 24.6 Å². The maximum atomic E-state index is 12.4. The second-order valence-corrected chi connectivity index (χ2v) is 9.08. The smallest absolute Gasteiger partial charge is 0.324 e. The van der Waals surface area contributed by atoms with E-state index in [2.05, 4.69) is 15.3 Å². The van der Waals surface area contributed by atoms with Crippen molar-refractivity contribution < 1.29 is 19.6 Å². The fraction of sp³-hybridized carbons (Fsp3) is 0.381. The number of rotatable bonds is 7. The number of halogens is 1. The van der Waals surface area contributed by atoms with Crippen LogP contribution < -0.4 is 10.1 Å². The molecule has 2 heterocycles. The summed E-state index contributed by atoms with van der Waals surface area (Å²) in [6.07, 6.45) is 2.08. The first-order valence-corrected chi connectivity index (χ1v) is 11.2. The Balaban J connectivity index is 1.57. The molecule has 1 aliphatic carbocycles. The molecule has 3 atom stereocenters. The fourth-order valence-corrected chi connectivity index (χ4v) is 5.29. The number of aliphatic carboxylic acids is 1. The molecule has 32 heavy (non-hydrogen) atoms. The van der Waals surface area contributed by atoms with Crippen LogP contribution in [0.1, 0.15) is 30.7 Å². The molecule has 1 fully saturated rings. The van der Waals surface area contributed by atoms with Crippen molar-refractivity contribution in [2.45, 2.75) is 43.3 Å². The van der Waals surface area contributed by atoms with Gasteiger partial charge in [-0.05, 0) is 42.0 Å². The van der Waals surface area contributed by atoms with Crippen LogP contribution in [-0.4, -0.2) is 45.2 Å². The molecule has 0 bridgehead atoms. The minimum Gasteiger partial charge on any atom is -0.495 e. The predicted molar refractivity (Wildman–Crippen MR) is 120 cm³/mol. The van der Waals surface area contributed by atoms with Crippen molar-refractivity contribution in [3.63, 3.8) is 0 Å². The topological polar surface area (TPSA) is 127 Å². The molecule has 1 saturated carbocycles. The molecule has 2 N–H and O–H groups in total. The van der Waals surface area contributed by atoms with Crippen LogP contribution in [0.25, 0.3) is 10.2 Å². The molecule has 0 aliphatic heterocycles. The minimum absolute atomic E-state index is 0.00189. The lowest BCUT2D eigenvalue weighted by Crippen LogP contribution is -2.57. The molecule has 0 radical (unpaired) electrons. The van der Waals surface area contributed by atoms with E-state index in [4.69, 9.17) is 16.3 Å². The van der Waals surface area contributed by atoms with E-state index in [1.807, 2.05) is 17.5 Å². The maximum Gasteiger partial charge on any atom is 0.324 e. The number of carboxylic acid groups (broad SMARTS) is 1. The van der Waals surface area contributed by atoms with Crippen LogP contribution in [0.2, 0.25) is 5.02 Å². The van der Waals surface area contributed by atoms with Crippen LogP contribution in [0, 0.1) is 10.1 Å². The quantitative estimate of drug-likeness (QED) is 0.390. The number of aromatic nitrogens is 2. The Kier molecular flexibility index (Phi) is 6.27. The number of carbonyl (C=O) groups is 1. The van der Waals surface area contributed by atoms with Crippen molar-refractivity contribution in [1.29, 1.82) is 0 Å². The van der Waals surface area contributed by atoms with E-state index < -0.39 is 22.3 Å². The van der Waals surface area contributed by atoms with Crippen molar-refractivity contribution in [2.75, 3.05) is 7.11 Å². The van der Waals surface area contributed by atoms with E-state index in [9.17, 15) is 20.0 Å². The minimum atomic E-state index is -1.77. The van der Waals surface area contributed by atoms with Gasteiger partial charge in [-0.3, -0.25) is 14.9 Å². The van der Waals surface area contributed by atoms with Crippen LogP contribution in [-0.2, 0) is 16.8 Å². The maximum absolute atomic E-state index is 12.4. The van der Waals surface area contributed by atoms with Gasteiger partial charge in [0.15, 0.2) is 11.2 Å². The first-order valence-electron chi connectivity index (χ1n) is 9.98. The number of fused-ring (bicyclic) bond motifs is 1. The highest BCUT2D eigenvalue weighted by Gasteiger charge is 2.59.